The summed E-state index contributed by atoms with van der Waals surface area (Å²) in [6.07, 6.45) is 3.46. The molecule has 1 aliphatic heterocycles. The van der Waals surface area contributed by atoms with Gasteiger partial charge >= 0.3 is 0 Å². The van der Waals surface area contributed by atoms with Crippen molar-refractivity contribution in [3.05, 3.63) is 51.8 Å². The van der Waals surface area contributed by atoms with Crippen LogP contribution in [0, 0.1) is 0 Å². The van der Waals surface area contributed by atoms with Crippen LogP contribution in [-0.2, 0) is 31.8 Å². The van der Waals surface area contributed by atoms with Crippen LogP contribution in [0.5, 0.6) is 0 Å². The molecule has 2 heterocycles. The van der Waals surface area contributed by atoms with Crippen LogP contribution in [-0.4, -0.2) is 39.0 Å². The van der Waals surface area contributed by atoms with Gasteiger partial charge in [0.2, 0.25) is 0 Å². The minimum atomic E-state index is -0.250. The Balaban J connectivity index is 1.51. The molecule has 2 aliphatic rings. The van der Waals surface area contributed by atoms with E-state index < -0.39 is 0 Å². The molecule has 0 amide bonds. The average Bonchev–Trinajstić information content (AvgIpc) is 3.05. The first kappa shape index (κ1) is 17.1. The summed E-state index contributed by atoms with van der Waals surface area (Å²) in [4.78, 5) is 2.46. The fraction of sp³-hybridized carbons (Fsp3) is 0.550. The lowest BCUT2D eigenvalue weighted by Gasteiger charge is -2.42. The molecule has 0 radical (unpaired) electrons. The second-order valence-corrected chi connectivity index (χ2v) is 7.86. The molecule has 0 saturated carbocycles. The number of aliphatic hydroxyl groups is 1. The number of aromatic nitrogens is 2. The van der Waals surface area contributed by atoms with E-state index in [1.165, 1.54) is 11.1 Å². The van der Waals surface area contributed by atoms with Gasteiger partial charge in [0.1, 0.15) is 5.15 Å². The lowest BCUT2D eigenvalue weighted by Crippen LogP contribution is -2.47. The van der Waals surface area contributed by atoms with E-state index in [-0.39, 0.29) is 11.5 Å². The normalized spacial score (nSPS) is 22.5. The van der Waals surface area contributed by atoms with Crippen LogP contribution in [0.1, 0.15) is 42.1 Å². The van der Waals surface area contributed by atoms with Gasteiger partial charge in [-0.3, -0.25) is 9.58 Å². The van der Waals surface area contributed by atoms with Crippen LogP contribution in [0.2, 0.25) is 5.15 Å². The molecule has 1 atom stereocenters. The van der Waals surface area contributed by atoms with Gasteiger partial charge in [0.05, 0.1) is 11.8 Å². The van der Waals surface area contributed by atoms with Crippen LogP contribution in [0.3, 0.4) is 0 Å². The first-order chi connectivity index (χ1) is 12.0. The van der Waals surface area contributed by atoms with Crippen molar-refractivity contribution in [3.63, 3.8) is 0 Å². The molecule has 2 aromatic rings. The molecule has 4 rings (SSSR count). The summed E-state index contributed by atoms with van der Waals surface area (Å²) in [5.41, 5.74) is 4.90. The van der Waals surface area contributed by atoms with Gasteiger partial charge in [-0.2, -0.15) is 5.10 Å². The van der Waals surface area contributed by atoms with Crippen molar-refractivity contribution in [2.45, 2.75) is 50.7 Å². The van der Waals surface area contributed by atoms with E-state index in [1.54, 1.807) is 4.68 Å². The summed E-state index contributed by atoms with van der Waals surface area (Å²) >= 11 is 6.46. The molecule has 1 saturated heterocycles. The Labute approximate surface area is 154 Å². The van der Waals surface area contributed by atoms with E-state index in [1.807, 2.05) is 7.05 Å². The standard InChI is InChI=1S/C20H26ClN3O/c1-3-17-15(19(21)23(2)22-17)13-24-10-8-20(9-11-24)16-7-5-4-6-14(16)12-18(20)25/h4-7,18,25H,3,8-13H2,1-2H3/t18-/m1/s1. The third-order valence-electron chi connectivity index (χ3n) is 6.22. The summed E-state index contributed by atoms with van der Waals surface area (Å²) in [5.74, 6) is 0. The Kier molecular flexibility index (Phi) is 4.38. The number of likely N-dealkylation sites (tertiary alicyclic amines) is 1. The van der Waals surface area contributed by atoms with Gasteiger partial charge in [0.25, 0.3) is 0 Å². The molecule has 0 bridgehead atoms. The highest BCUT2D eigenvalue weighted by molar-refractivity contribution is 6.30. The summed E-state index contributed by atoms with van der Waals surface area (Å²) in [6, 6.07) is 8.57. The Morgan fingerprint density at radius 3 is 2.72 bits per heavy atom. The second-order valence-electron chi connectivity index (χ2n) is 7.50. The Hall–Kier alpha value is -1.36. The molecule has 4 nitrogen and oxygen atoms in total. The molecule has 1 aromatic carbocycles. The predicted molar refractivity (Wildman–Crippen MR) is 99.9 cm³/mol. The maximum atomic E-state index is 10.8. The highest BCUT2D eigenvalue weighted by Crippen LogP contribution is 2.46. The lowest BCUT2D eigenvalue weighted by molar-refractivity contribution is 0.0413. The summed E-state index contributed by atoms with van der Waals surface area (Å²) in [7, 11) is 1.90. The Bertz CT molecular complexity index is 777. The number of hydrogen-bond acceptors (Lipinski definition) is 3. The van der Waals surface area contributed by atoms with E-state index in [4.69, 9.17) is 11.6 Å². The highest BCUT2D eigenvalue weighted by atomic mass is 35.5. The number of aryl methyl sites for hydroxylation is 2. The molecule has 5 heteroatoms. The molecule has 1 N–H and O–H groups in total. The van der Waals surface area contributed by atoms with Crippen LogP contribution in [0.25, 0.3) is 0 Å². The number of benzene rings is 1. The molecule has 1 aliphatic carbocycles. The highest BCUT2D eigenvalue weighted by Gasteiger charge is 2.47. The maximum Gasteiger partial charge on any atom is 0.131 e. The van der Waals surface area contributed by atoms with Gasteiger partial charge in [-0.25, -0.2) is 0 Å². The molecular weight excluding hydrogens is 334 g/mol. The topological polar surface area (TPSA) is 41.3 Å². The van der Waals surface area contributed by atoms with Crippen molar-refractivity contribution >= 4 is 11.6 Å². The number of nitrogens with zero attached hydrogens (tertiary/aromatic N) is 3. The third kappa shape index (κ3) is 2.71. The smallest absolute Gasteiger partial charge is 0.131 e. The summed E-state index contributed by atoms with van der Waals surface area (Å²) in [6.45, 7) is 4.95. The monoisotopic (exact) mass is 359 g/mol. The van der Waals surface area contributed by atoms with Gasteiger partial charge in [0.15, 0.2) is 0 Å². The number of piperidine rings is 1. The van der Waals surface area contributed by atoms with Crippen molar-refractivity contribution in [3.8, 4) is 0 Å². The van der Waals surface area contributed by atoms with Crippen LogP contribution >= 0.6 is 11.6 Å². The zero-order valence-electron chi connectivity index (χ0n) is 15.0. The minimum Gasteiger partial charge on any atom is -0.392 e. The molecule has 25 heavy (non-hydrogen) atoms. The first-order valence-electron chi connectivity index (χ1n) is 9.24. The zero-order valence-corrected chi connectivity index (χ0v) is 15.8. The number of halogens is 1. The van der Waals surface area contributed by atoms with Crippen molar-refractivity contribution in [1.82, 2.24) is 14.7 Å². The Morgan fingerprint density at radius 1 is 1.28 bits per heavy atom. The molecule has 1 aromatic heterocycles. The molecule has 0 unspecified atom stereocenters. The number of aliphatic hydroxyl groups excluding tert-OH is 1. The quantitative estimate of drug-likeness (QED) is 0.915. The summed E-state index contributed by atoms with van der Waals surface area (Å²) < 4.78 is 1.78. The van der Waals surface area contributed by atoms with Crippen LogP contribution in [0.15, 0.2) is 24.3 Å². The van der Waals surface area contributed by atoms with E-state index in [0.717, 1.165) is 61.7 Å². The van der Waals surface area contributed by atoms with Gasteiger partial charge in [-0.15, -0.1) is 0 Å². The largest absolute Gasteiger partial charge is 0.392 e. The predicted octanol–water partition coefficient (Wildman–Crippen LogP) is 3.09. The molecule has 1 fully saturated rings. The van der Waals surface area contributed by atoms with Crippen molar-refractivity contribution in [2.75, 3.05) is 13.1 Å². The molecule has 1 spiro atoms. The van der Waals surface area contributed by atoms with Crippen molar-refractivity contribution in [1.29, 1.82) is 0 Å². The lowest BCUT2D eigenvalue weighted by atomic mass is 9.72. The number of fused-ring (bicyclic) bond motifs is 2. The zero-order chi connectivity index (χ0) is 17.6. The maximum absolute atomic E-state index is 10.8. The van der Waals surface area contributed by atoms with E-state index in [9.17, 15) is 5.11 Å². The fourth-order valence-electron chi connectivity index (χ4n) is 4.74. The molecule has 134 valence electrons. The van der Waals surface area contributed by atoms with Crippen LogP contribution < -0.4 is 0 Å². The van der Waals surface area contributed by atoms with Crippen molar-refractivity contribution < 1.29 is 5.11 Å². The van der Waals surface area contributed by atoms with Gasteiger partial charge < -0.3 is 5.11 Å². The van der Waals surface area contributed by atoms with E-state index >= 15 is 0 Å². The van der Waals surface area contributed by atoms with E-state index in [2.05, 4.69) is 41.2 Å². The van der Waals surface area contributed by atoms with Gasteiger partial charge in [-0.1, -0.05) is 42.8 Å². The average molecular weight is 360 g/mol. The Morgan fingerprint density at radius 2 is 2.00 bits per heavy atom. The minimum absolute atomic E-state index is 0.0561. The SMILES string of the molecule is CCc1nn(C)c(Cl)c1CN1CCC2(CC1)c1ccccc1C[C@H]2O. The van der Waals surface area contributed by atoms with Gasteiger partial charge in [0, 0.05) is 24.6 Å². The number of rotatable bonds is 3. The summed E-state index contributed by atoms with van der Waals surface area (Å²) in [5, 5.41) is 16.1. The van der Waals surface area contributed by atoms with Crippen molar-refractivity contribution in [2.24, 2.45) is 7.05 Å². The first-order valence-corrected chi connectivity index (χ1v) is 9.62. The third-order valence-corrected chi connectivity index (χ3v) is 6.69. The number of hydrogen-bond donors (Lipinski definition) is 1. The fourth-order valence-corrected chi connectivity index (χ4v) is 4.95. The van der Waals surface area contributed by atoms with Crippen LogP contribution in [0.4, 0.5) is 0 Å². The van der Waals surface area contributed by atoms with Gasteiger partial charge in [-0.05, 0) is 49.9 Å². The molecular formula is C20H26ClN3O. The van der Waals surface area contributed by atoms with E-state index in [0.29, 0.717) is 0 Å². The second kappa shape index (κ2) is 6.42.